The number of nitrogens with one attached hydrogen (secondary N) is 1. The second-order valence-electron chi connectivity index (χ2n) is 3.85. The van der Waals surface area contributed by atoms with Gasteiger partial charge in [-0.3, -0.25) is 9.36 Å². The van der Waals surface area contributed by atoms with Crippen LogP contribution in [0.1, 0.15) is 18.2 Å². The topological polar surface area (TPSA) is 47.7 Å². The van der Waals surface area contributed by atoms with Gasteiger partial charge in [-0.05, 0) is 13.8 Å². The first-order valence-corrected chi connectivity index (χ1v) is 5.45. The van der Waals surface area contributed by atoms with Crippen molar-refractivity contribution in [3.63, 3.8) is 0 Å². The van der Waals surface area contributed by atoms with Crippen LogP contribution in [-0.2, 0) is 20.1 Å². The van der Waals surface area contributed by atoms with E-state index in [1.807, 2.05) is 35.6 Å². The predicted molar refractivity (Wildman–Crippen MR) is 70.4 cm³/mol. The van der Waals surface area contributed by atoms with Crippen LogP contribution in [0.4, 0.5) is 5.82 Å². The summed E-state index contributed by atoms with van der Waals surface area (Å²) < 4.78 is 3.77. The summed E-state index contributed by atoms with van der Waals surface area (Å²) in [6.45, 7) is 5.75. The molecule has 2 aromatic heterocycles. The molecule has 94 valence electrons. The average molecular weight is 256 g/mol. The first-order valence-electron chi connectivity index (χ1n) is 5.45. The van der Waals surface area contributed by atoms with E-state index in [-0.39, 0.29) is 12.4 Å². The van der Waals surface area contributed by atoms with E-state index in [1.54, 1.807) is 0 Å². The maximum Gasteiger partial charge on any atom is 0.124 e. The fraction of sp³-hybridized carbons (Fsp3) is 0.455. The molecule has 2 rings (SSSR count). The summed E-state index contributed by atoms with van der Waals surface area (Å²) in [6, 6.07) is 2.03. The predicted octanol–water partition coefficient (Wildman–Crippen LogP) is 1.98. The number of halogens is 1. The molecule has 0 spiro atoms. The Balaban J connectivity index is 0.00000144. The molecular weight excluding hydrogens is 238 g/mol. The van der Waals surface area contributed by atoms with Gasteiger partial charge >= 0.3 is 0 Å². The highest BCUT2D eigenvalue weighted by Gasteiger charge is 2.02. The van der Waals surface area contributed by atoms with E-state index in [9.17, 15) is 0 Å². The van der Waals surface area contributed by atoms with Crippen molar-refractivity contribution in [2.45, 2.75) is 26.9 Å². The second-order valence-corrected chi connectivity index (χ2v) is 3.85. The molecule has 0 bridgehead atoms. The molecule has 6 heteroatoms. The van der Waals surface area contributed by atoms with Gasteiger partial charge in [-0.1, -0.05) is 0 Å². The lowest BCUT2D eigenvalue weighted by Gasteiger charge is -2.03. The Morgan fingerprint density at radius 3 is 2.71 bits per heavy atom. The molecule has 0 aliphatic carbocycles. The van der Waals surface area contributed by atoms with Crippen LogP contribution < -0.4 is 5.32 Å². The molecule has 5 nitrogen and oxygen atoms in total. The smallest absolute Gasteiger partial charge is 0.124 e. The zero-order valence-electron chi connectivity index (χ0n) is 10.3. The van der Waals surface area contributed by atoms with Gasteiger partial charge in [0.1, 0.15) is 5.82 Å². The van der Waals surface area contributed by atoms with Gasteiger partial charge < -0.3 is 5.32 Å². The number of aryl methyl sites for hydroxylation is 3. The standard InChI is InChI=1S/C11H17N5.ClH/c1-4-16-8-10(7-13-16)6-12-11-5-9(2)14-15(11)3;/h5,7-8,12H,4,6H2,1-3H3;1H. The molecule has 2 heterocycles. The van der Waals surface area contributed by atoms with Gasteiger partial charge in [-0.25, -0.2) is 0 Å². The summed E-state index contributed by atoms with van der Waals surface area (Å²) in [5, 5.41) is 11.8. The van der Waals surface area contributed by atoms with Gasteiger partial charge in [-0.2, -0.15) is 10.2 Å². The highest BCUT2D eigenvalue weighted by molar-refractivity contribution is 5.85. The first-order chi connectivity index (χ1) is 7.69. The molecule has 0 aliphatic rings. The Hall–Kier alpha value is -1.49. The highest BCUT2D eigenvalue weighted by atomic mass is 35.5. The van der Waals surface area contributed by atoms with Crippen molar-refractivity contribution in [2.75, 3.05) is 5.32 Å². The van der Waals surface area contributed by atoms with Gasteiger partial charge in [0.2, 0.25) is 0 Å². The quantitative estimate of drug-likeness (QED) is 0.909. The Morgan fingerprint density at radius 1 is 1.41 bits per heavy atom. The first kappa shape index (κ1) is 13.6. The van der Waals surface area contributed by atoms with Crippen LogP contribution in [0.5, 0.6) is 0 Å². The minimum atomic E-state index is 0. The molecule has 1 N–H and O–H groups in total. The summed E-state index contributed by atoms with van der Waals surface area (Å²) in [6.07, 6.45) is 3.94. The highest BCUT2D eigenvalue weighted by Crippen LogP contribution is 2.09. The lowest BCUT2D eigenvalue weighted by molar-refractivity contribution is 0.659. The van der Waals surface area contributed by atoms with Crippen LogP contribution in [0.3, 0.4) is 0 Å². The maximum atomic E-state index is 4.28. The molecule has 0 radical (unpaired) electrons. The van der Waals surface area contributed by atoms with Crippen molar-refractivity contribution >= 4 is 18.2 Å². The minimum Gasteiger partial charge on any atom is -0.366 e. The summed E-state index contributed by atoms with van der Waals surface area (Å²) in [4.78, 5) is 0. The summed E-state index contributed by atoms with van der Waals surface area (Å²) >= 11 is 0. The monoisotopic (exact) mass is 255 g/mol. The maximum absolute atomic E-state index is 4.28. The van der Waals surface area contributed by atoms with Crippen molar-refractivity contribution in [1.29, 1.82) is 0 Å². The number of hydrogen-bond donors (Lipinski definition) is 1. The average Bonchev–Trinajstić information content (AvgIpc) is 2.82. The minimum absolute atomic E-state index is 0. The van der Waals surface area contributed by atoms with Crippen LogP contribution in [0.2, 0.25) is 0 Å². The Labute approximate surface area is 107 Å². The van der Waals surface area contributed by atoms with E-state index < -0.39 is 0 Å². The van der Waals surface area contributed by atoms with Gasteiger partial charge in [0, 0.05) is 38.0 Å². The van der Waals surface area contributed by atoms with Gasteiger partial charge in [0.05, 0.1) is 11.9 Å². The molecule has 0 aliphatic heterocycles. The lowest BCUT2D eigenvalue weighted by atomic mass is 10.3. The lowest BCUT2D eigenvalue weighted by Crippen LogP contribution is -2.04. The van der Waals surface area contributed by atoms with E-state index in [2.05, 4.69) is 28.6 Å². The third-order valence-electron chi connectivity index (χ3n) is 2.49. The van der Waals surface area contributed by atoms with Crippen LogP contribution in [0.15, 0.2) is 18.5 Å². The molecule has 0 unspecified atom stereocenters. The number of nitrogens with zero attached hydrogens (tertiary/aromatic N) is 4. The van der Waals surface area contributed by atoms with Crippen molar-refractivity contribution in [3.8, 4) is 0 Å². The third kappa shape index (κ3) is 3.23. The molecule has 0 saturated heterocycles. The van der Waals surface area contributed by atoms with Gasteiger partial charge in [-0.15, -0.1) is 12.4 Å². The van der Waals surface area contributed by atoms with Gasteiger partial charge in [0.25, 0.3) is 0 Å². The number of anilines is 1. The van der Waals surface area contributed by atoms with E-state index >= 15 is 0 Å². The number of hydrogen-bond acceptors (Lipinski definition) is 3. The summed E-state index contributed by atoms with van der Waals surface area (Å²) in [5.74, 6) is 1.03. The molecule has 0 fully saturated rings. The van der Waals surface area contributed by atoms with Crippen LogP contribution in [0, 0.1) is 6.92 Å². The van der Waals surface area contributed by atoms with E-state index in [0.717, 1.165) is 24.6 Å². The molecule has 0 amide bonds. The zero-order valence-corrected chi connectivity index (χ0v) is 11.2. The Morgan fingerprint density at radius 2 is 2.18 bits per heavy atom. The third-order valence-corrected chi connectivity index (χ3v) is 2.49. The van der Waals surface area contributed by atoms with Crippen molar-refractivity contribution in [1.82, 2.24) is 19.6 Å². The van der Waals surface area contributed by atoms with Crippen LogP contribution >= 0.6 is 12.4 Å². The summed E-state index contributed by atoms with van der Waals surface area (Å²) in [5.41, 5.74) is 2.20. The fourth-order valence-corrected chi connectivity index (χ4v) is 1.64. The summed E-state index contributed by atoms with van der Waals surface area (Å²) in [7, 11) is 1.94. The van der Waals surface area contributed by atoms with Gasteiger partial charge in [0.15, 0.2) is 0 Å². The second kappa shape index (κ2) is 5.72. The van der Waals surface area contributed by atoms with Crippen molar-refractivity contribution in [2.24, 2.45) is 7.05 Å². The van der Waals surface area contributed by atoms with E-state index in [1.165, 1.54) is 5.56 Å². The Kier molecular flexibility index (Phi) is 4.57. The van der Waals surface area contributed by atoms with Crippen molar-refractivity contribution < 1.29 is 0 Å². The zero-order chi connectivity index (χ0) is 11.5. The fourth-order valence-electron chi connectivity index (χ4n) is 1.64. The molecule has 0 atom stereocenters. The number of aromatic nitrogens is 4. The Bertz CT molecular complexity index is 474. The molecular formula is C11H18ClN5. The molecule has 2 aromatic rings. The largest absolute Gasteiger partial charge is 0.366 e. The SMILES string of the molecule is CCn1cc(CNc2cc(C)nn2C)cn1.Cl. The van der Waals surface area contributed by atoms with E-state index in [4.69, 9.17) is 0 Å². The van der Waals surface area contributed by atoms with Crippen molar-refractivity contribution in [3.05, 3.63) is 29.7 Å². The normalized spacial score (nSPS) is 10.1. The molecule has 0 saturated carbocycles. The van der Waals surface area contributed by atoms with Crippen LogP contribution in [-0.4, -0.2) is 19.6 Å². The number of rotatable bonds is 4. The molecule has 0 aromatic carbocycles. The molecule has 17 heavy (non-hydrogen) atoms. The van der Waals surface area contributed by atoms with Crippen LogP contribution in [0.25, 0.3) is 0 Å². The van der Waals surface area contributed by atoms with E-state index in [0.29, 0.717) is 0 Å².